The molecule has 21 heavy (non-hydrogen) atoms. The predicted molar refractivity (Wildman–Crippen MR) is 83.5 cm³/mol. The van der Waals surface area contributed by atoms with Crippen LogP contribution in [0.5, 0.6) is 0 Å². The van der Waals surface area contributed by atoms with Crippen molar-refractivity contribution in [2.45, 2.75) is 63.6 Å². The number of benzene rings is 1. The van der Waals surface area contributed by atoms with Crippen molar-refractivity contribution >= 4 is 10.0 Å². The SMILES string of the molecule is Cc1ccc(CNC2CC2)cc1S(=O)(=O)NC1CC1(C)C. The van der Waals surface area contributed by atoms with Crippen molar-refractivity contribution in [1.82, 2.24) is 10.0 Å². The Hall–Kier alpha value is -0.910. The summed E-state index contributed by atoms with van der Waals surface area (Å²) in [4.78, 5) is 0.417. The number of sulfonamides is 1. The summed E-state index contributed by atoms with van der Waals surface area (Å²) in [5.74, 6) is 0. The molecule has 5 heteroatoms. The molecule has 0 spiro atoms. The van der Waals surface area contributed by atoms with Gasteiger partial charge in [-0.15, -0.1) is 0 Å². The smallest absolute Gasteiger partial charge is 0.241 e. The van der Waals surface area contributed by atoms with Gasteiger partial charge in [-0.3, -0.25) is 0 Å². The van der Waals surface area contributed by atoms with Gasteiger partial charge < -0.3 is 5.32 Å². The van der Waals surface area contributed by atoms with Gasteiger partial charge in [-0.25, -0.2) is 13.1 Å². The van der Waals surface area contributed by atoms with Crippen molar-refractivity contribution in [3.63, 3.8) is 0 Å². The highest BCUT2D eigenvalue weighted by molar-refractivity contribution is 7.89. The first-order chi connectivity index (χ1) is 9.78. The van der Waals surface area contributed by atoms with Crippen molar-refractivity contribution in [1.29, 1.82) is 0 Å². The van der Waals surface area contributed by atoms with Crippen LogP contribution < -0.4 is 10.0 Å². The van der Waals surface area contributed by atoms with E-state index in [9.17, 15) is 8.42 Å². The molecule has 1 aromatic rings. The van der Waals surface area contributed by atoms with Crippen LogP contribution in [0.25, 0.3) is 0 Å². The van der Waals surface area contributed by atoms with Gasteiger partial charge in [0.1, 0.15) is 0 Å². The zero-order valence-corrected chi connectivity index (χ0v) is 13.8. The maximum Gasteiger partial charge on any atom is 0.241 e. The molecular formula is C16H24N2O2S. The summed E-state index contributed by atoms with van der Waals surface area (Å²) in [5.41, 5.74) is 1.92. The van der Waals surface area contributed by atoms with Gasteiger partial charge in [0.05, 0.1) is 4.90 Å². The molecule has 116 valence electrons. The molecule has 4 nitrogen and oxygen atoms in total. The summed E-state index contributed by atoms with van der Waals surface area (Å²) in [6, 6.07) is 6.40. The first-order valence-electron chi connectivity index (χ1n) is 7.63. The quantitative estimate of drug-likeness (QED) is 0.848. The van der Waals surface area contributed by atoms with Crippen molar-refractivity contribution in [3.8, 4) is 0 Å². The van der Waals surface area contributed by atoms with Crippen LogP contribution in [0, 0.1) is 12.3 Å². The number of hydrogen-bond donors (Lipinski definition) is 2. The summed E-state index contributed by atoms with van der Waals surface area (Å²) in [5, 5.41) is 3.42. The highest BCUT2D eigenvalue weighted by atomic mass is 32.2. The zero-order valence-electron chi connectivity index (χ0n) is 12.9. The van der Waals surface area contributed by atoms with E-state index in [1.165, 1.54) is 12.8 Å². The molecule has 2 saturated carbocycles. The van der Waals surface area contributed by atoms with Crippen molar-refractivity contribution < 1.29 is 8.42 Å². The monoisotopic (exact) mass is 308 g/mol. The third kappa shape index (κ3) is 3.47. The Morgan fingerprint density at radius 2 is 1.95 bits per heavy atom. The van der Waals surface area contributed by atoms with E-state index in [0.717, 1.165) is 24.1 Å². The Balaban J connectivity index is 1.77. The van der Waals surface area contributed by atoms with Crippen LogP contribution in [-0.2, 0) is 16.6 Å². The Bertz CT molecular complexity index is 648. The minimum absolute atomic E-state index is 0.0649. The standard InChI is InChI=1S/C16H24N2O2S/c1-11-4-5-12(10-17-13-6-7-13)8-14(11)21(19,20)18-15-9-16(15,2)3/h4-5,8,13,15,17-18H,6-7,9-10H2,1-3H3. The number of aryl methyl sites for hydroxylation is 1. The van der Waals surface area contributed by atoms with Gasteiger partial charge in [-0.2, -0.15) is 0 Å². The molecular weight excluding hydrogens is 284 g/mol. The highest BCUT2D eigenvalue weighted by Crippen LogP contribution is 2.45. The van der Waals surface area contributed by atoms with Crippen LogP contribution in [0.2, 0.25) is 0 Å². The van der Waals surface area contributed by atoms with Gasteiger partial charge in [0, 0.05) is 18.6 Å². The van der Waals surface area contributed by atoms with E-state index in [1.807, 2.05) is 25.1 Å². The van der Waals surface area contributed by atoms with Gasteiger partial charge >= 0.3 is 0 Å². The van der Waals surface area contributed by atoms with Crippen LogP contribution in [0.15, 0.2) is 23.1 Å². The Morgan fingerprint density at radius 1 is 1.29 bits per heavy atom. The molecule has 0 aromatic heterocycles. The van der Waals surface area contributed by atoms with E-state index in [-0.39, 0.29) is 11.5 Å². The summed E-state index contributed by atoms with van der Waals surface area (Å²) in [7, 11) is -3.42. The molecule has 2 aliphatic rings. The molecule has 1 unspecified atom stereocenters. The number of nitrogens with one attached hydrogen (secondary N) is 2. The summed E-state index contributed by atoms with van der Waals surface area (Å²) in [6.07, 6.45) is 3.37. The topological polar surface area (TPSA) is 58.2 Å². The fourth-order valence-electron chi connectivity index (χ4n) is 2.51. The average Bonchev–Trinajstić information content (AvgIpc) is 3.28. The van der Waals surface area contributed by atoms with Crippen molar-refractivity contribution in [2.75, 3.05) is 0 Å². The number of hydrogen-bond acceptors (Lipinski definition) is 3. The molecule has 1 atom stereocenters. The average molecular weight is 308 g/mol. The Morgan fingerprint density at radius 3 is 2.52 bits per heavy atom. The van der Waals surface area contributed by atoms with Gasteiger partial charge in [0.25, 0.3) is 0 Å². The maximum atomic E-state index is 12.6. The molecule has 0 saturated heterocycles. The summed E-state index contributed by atoms with van der Waals surface area (Å²) in [6.45, 7) is 6.76. The minimum Gasteiger partial charge on any atom is -0.310 e. The lowest BCUT2D eigenvalue weighted by molar-refractivity contribution is 0.554. The van der Waals surface area contributed by atoms with Gasteiger partial charge in [-0.1, -0.05) is 26.0 Å². The minimum atomic E-state index is -3.42. The first kappa shape index (κ1) is 15.0. The molecule has 0 bridgehead atoms. The molecule has 0 amide bonds. The van der Waals surface area contributed by atoms with Gasteiger partial charge in [0.15, 0.2) is 0 Å². The molecule has 2 N–H and O–H groups in total. The lowest BCUT2D eigenvalue weighted by Gasteiger charge is -2.12. The molecule has 0 radical (unpaired) electrons. The van der Waals surface area contributed by atoms with E-state index in [0.29, 0.717) is 10.9 Å². The molecule has 0 heterocycles. The molecule has 2 aliphatic carbocycles. The molecule has 1 aromatic carbocycles. The second-order valence-corrected chi connectivity index (χ2v) is 8.80. The van der Waals surface area contributed by atoms with Crippen molar-refractivity contribution in [3.05, 3.63) is 29.3 Å². The first-order valence-corrected chi connectivity index (χ1v) is 9.11. The van der Waals surface area contributed by atoms with E-state index in [4.69, 9.17) is 0 Å². The third-order valence-electron chi connectivity index (χ3n) is 4.53. The molecule has 0 aliphatic heterocycles. The lowest BCUT2D eigenvalue weighted by Crippen LogP contribution is -2.29. The normalized spacial score (nSPS) is 24.0. The highest BCUT2D eigenvalue weighted by Gasteiger charge is 2.48. The Labute approximate surface area is 127 Å². The van der Waals surface area contributed by atoms with E-state index >= 15 is 0 Å². The second kappa shape index (κ2) is 5.07. The van der Waals surface area contributed by atoms with Crippen LogP contribution in [0.1, 0.15) is 44.2 Å². The second-order valence-electron chi connectivity index (χ2n) is 7.12. The lowest BCUT2D eigenvalue weighted by atomic mass is 10.1. The Kier molecular flexibility index (Phi) is 3.62. The van der Waals surface area contributed by atoms with Crippen molar-refractivity contribution in [2.24, 2.45) is 5.41 Å². The van der Waals surface area contributed by atoms with Crippen LogP contribution >= 0.6 is 0 Å². The van der Waals surface area contributed by atoms with E-state index in [2.05, 4.69) is 23.9 Å². The molecule has 3 rings (SSSR count). The fourth-order valence-corrected chi connectivity index (χ4v) is 4.22. The van der Waals surface area contributed by atoms with Crippen LogP contribution in [0.3, 0.4) is 0 Å². The largest absolute Gasteiger partial charge is 0.310 e. The van der Waals surface area contributed by atoms with E-state index in [1.54, 1.807) is 0 Å². The van der Waals surface area contributed by atoms with Crippen LogP contribution in [-0.4, -0.2) is 20.5 Å². The summed E-state index contributed by atoms with van der Waals surface area (Å²) >= 11 is 0. The molecule has 2 fully saturated rings. The maximum absolute atomic E-state index is 12.6. The van der Waals surface area contributed by atoms with Gasteiger partial charge in [0.2, 0.25) is 10.0 Å². The predicted octanol–water partition coefficient (Wildman–Crippen LogP) is 2.32. The third-order valence-corrected chi connectivity index (χ3v) is 6.14. The number of rotatable bonds is 6. The van der Waals surface area contributed by atoms with E-state index < -0.39 is 10.0 Å². The summed E-state index contributed by atoms with van der Waals surface area (Å²) < 4.78 is 28.0. The van der Waals surface area contributed by atoms with Gasteiger partial charge in [-0.05, 0) is 48.8 Å². The zero-order chi connectivity index (χ0) is 15.3. The fraction of sp³-hybridized carbons (Fsp3) is 0.625. The van der Waals surface area contributed by atoms with Crippen LogP contribution in [0.4, 0.5) is 0 Å².